The molecule has 7 heteroatoms. The number of hydrogen-bond donors (Lipinski definition) is 2. The maximum Gasteiger partial charge on any atom is 0.335 e. The number of carbonyl (C=O) groups is 3. The van der Waals surface area contributed by atoms with Gasteiger partial charge in [-0.05, 0) is 31.5 Å². The molecule has 1 atom stereocenters. The second-order valence-electron chi connectivity index (χ2n) is 7.36. The summed E-state index contributed by atoms with van der Waals surface area (Å²) in [5.74, 6) is -1.65. The highest BCUT2D eigenvalue weighted by Crippen LogP contribution is 2.08. The van der Waals surface area contributed by atoms with Crippen LogP contribution in [0.15, 0.2) is 54.6 Å². The third kappa shape index (κ3) is 8.55. The lowest BCUT2D eigenvalue weighted by molar-refractivity contribution is -0.160. The van der Waals surface area contributed by atoms with Crippen LogP contribution >= 0.6 is 0 Å². The Bertz CT molecular complexity index is 836. The number of rotatable bonds is 12. The molecule has 2 aromatic rings. The van der Waals surface area contributed by atoms with Crippen LogP contribution in [0.3, 0.4) is 0 Å². The van der Waals surface area contributed by atoms with Crippen LogP contribution < -0.4 is 5.48 Å². The number of nitrogens with zero attached hydrogens (tertiary/aromatic N) is 1. The average Bonchev–Trinajstić information content (AvgIpc) is 2.71. The van der Waals surface area contributed by atoms with Crippen LogP contribution in [-0.2, 0) is 32.1 Å². The molecule has 7 nitrogen and oxygen atoms in total. The highest BCUT2D eigenvalue weighted by atomic mass is 16.7. The van der Waals surface area contributed by atoms with E-state index in [1.165, 1.54) is 0 Å². The zero-order chi connectivity index (χ0) is 21.9. The minimum absolute atomic E-state index is 0.0258. The van der Waals surface area contributed by atoms with Crippen molar-refractivity contribution in [3.63, 3.8) is 0 Å². The van der Waals surface area contributed by atoms with Crippen molar-refractivity contribution in [1.82, 2.24) is 10.4 Å². The third-order valence-electron chi connectivity index (χ3n) is 4.53. The van der Waals surface area contributed by atoms with Gasteiger partial charge in [0.05, 0.1) is 13.1 Å². The zero-order valence-corrected chi connectivity index (χ0v) is 17.3. The summed E-state index contributed by atoms with van der Waals surface area (Å²) < 4.78 is 0. The molecule has 0 aliphatic rings. The molecule has 2 rings (SSSR count). The van der Waals surface area contributed by atoms with Gasteiger partial charge in [0, 0.05) is 12.8 Å². The first-order valence-corrected chi connectivity index (χ1v) is 9.80. The van der Waals surface area contributed by atoms with Crippen LogP contribution in [0.25, 0.3) is 0 Å². The van der Waals surface area contributed by atoms with E-state index in [0.29, 0.717) is 12.8 Å². The maximum absolute atomic E-state index is 12.1. The van der Waals surface area contributed by atoms with Gasteiger partial charge in [-0.1, -0.05) is 60.2 Å². The quantitative estimate of drug-likeness (QED) is 0.519. The highest BCUT2D eigenvalue weighted by molar-refractivity contribution is 5.82. The molecule has 0 aliphatic carbocycles. The van der Waals surface area contributed by atoms with Crippen molar-refractivity contribution in [2.75, 3.05) is 20.1 Å². The van der Waals surface area contributed by atoms with Crippen LogP contribution in [0, 0.1) is 6.92 Å². The van der Waals surface area contributed by atoms with E-state index in [1.807, 2.05) is 61.5 Å². The number of aryl methyl sites for hydroxylation is 2. The van der Waals surface area contributed by atoms with Gasteiger partial charge in [-0.3, -0.25) is 19.3 Å². The Morgan fingerprint density at radius 2 is 1.67 bits per heavy atom. The number of hydroxylamine groups is 1. The first-order valence-electron chi connectivity index (χ1n) is 9.80. The van der Waals surface area contributed by atoms with E-state index >= 15 is 0 Å². The summed E-state index contributed by atoms with van der Waals surface area (Å²) in [7, 11) is 1.65. The monoisotopic (exact) mass is 412 g/mol. The van der Waals surface area contributed by atoms with E-state index in [-0.39, 0.29) is 25.3 Å². The summed E-state index contributed by atoms with van der Waals surface area (Å²) in [4.78, 5) is 42.2. The first kappa shape index (κ1) is 23.3. The lowest BCUT2D eigenvalue weighted by Gasteiger charge is -2.17. The predicted octanol–water partition coefficient (Wildman–Crippen LogP) is 2.17. The van der Waals surface area contributed by atoms with Crippen molar-refractivity contribution < 1.29 is 24.3 Å². The number of ketones is 1. The van der Waals surface area contributed by atoms with E-state index < -0.39 is 18.0 Å². The Balaban J connectivity index is 1.72. The number of likely N-dealkylation sites (N-methyl/N-ethyl adjacent to an activating group) is 1. The average molecular weight is 412 g/mol. The Kier molecular flexibility index (Phi) is 9.18. The highest BCUT2D eigenvalue weighted by Gasteiger charge is 2.21. The summed E-state index contributed by atoms with van der Waals surface area (Å²) in [5, 5.41) is 9.32. The van der Waals surface area contributed by atoms with E-state index in [9.17, 15) is 19.5 Å². The number of carboxylic acid groups (broad SMARTS) is 1. The molecule has 0 saturated heterocycles. The number of hydrogen-bond acceptors (Lipinski definition) is 5. The number of Topliss-reactive ketones (excluding diaryl/α,β-unsaturated/α-hetero) is 1. The summed E-state index contributed by atoms with van der Waals surface area (Å²) in [6.07, 6.45) is -0.0230. The Labute approximate surface area is 176 Å². The molecule has 0 fully saturated rings. The van der Waals surface area contributed by atoms with Gasteiger partial charge in [0.1, 0.15) is 5.78 Å². The molecule has 0 aromatic heterocycles. The fraction of sp³-hybridized carbons (Fsp3) is 0.348. The van der Waals surface area contributed by atoms with Gasteiger partial charge >= 0.3 is 5.97 Å². The smallest absolute Gasteiger partial charge is 0.335 e. The molecule has 160 valence electrons. The van der Waals surface area contributed by atoms with Crippen molar-refractivity contribution >= 4 is 17.7 Å². The largest absolute Gasteiger partial charge is 0.479 e. The molecule has 2 aromatic carbocycles. The summed E-state index contributed by atoms with van der Waals surface area (Å²) in [5.41, 5.74) is 5.14. The van der Waals surface area contributed by atoms with E-state index in [4.69, 9.17) is 4.84 Å². The van der Waals surface area contributed by atoms with Crippen molar-refractivity contribution in [2.45, 2.75) is 32.3 Å². The van der Waals surface area contributed by atoms with Gasteiger partial charge in [-0.2, -0.15) is 0 Å². The van der Waals surface area contributed by atoms with Crippen molar-refractivity contribution in [1.29, 1.82) is 0 Å². The lowest BCUT2D eigenvalue weighted by atomic mass is 10.1. The summed E-state index contributed by atoms with van der Waals surface area (Å²) in [6, 6.07) is 17.1. The fourth-order valence-corrected chi connectivity index (χ4v) is 2.90. The van der Waals surface area contributed by atoms with E-state index in [2.05, 4.69) is 5.48 Å². The molecule has 2 N–H and O–H groups in total. The molecule has 0 aliphatic heterocycles. The standard InChI is InChI=1S/C23H28N2O5/c1-17-8-10-19(11-9-17)14-21(23(28)29)30-24-22(27)16-25(2)15-20(26)13-12-18-6-4-3-5-7-18/h3-11,21H,12-16H2,1-2H3,(H,24,27)(H,28,29)/t21-/m0/s1. The van der Waals surface area contributed by atoms with Gasteiger partial charge in [0.25, 0.3) is 5.91 Å². The first-order chi connectivity index (χ1) is 14.3. The second-order valence-corrected chi connectivity index (χ2v) is 7.36. The number of aliphatic carboxylic acids is 1. The van der Waals surface area contributed by atoms with Gasteiger partial charge in [0.15, 0.2) is 6.10 Å². The van der Waals surface area contributed by atoms with Crippen LogP contribution in [0.4, 0.5) is 0 Å². The summed E-state index contributed by atoms with van der Waals surface area (Å²) >= 11 is 0. The molecule has 0 bridgehead atoms. The van der Waals surface area contributed by atoms with Crippen LogP contribution in [0.1, 0.15) is 23.1 Å². The minimum atomic E-state index is -1.20. The number of benzene rings is 2. The number of carbonyl (C=O) groups excluding carboxylic acids is 2. The lowest BCUT2D eigenvalue weighted by Crippen LogP contribution is -2.41. The number of amides is 1. The van der Waals surface area contributed by atoms with Crippen LogP contribution in [0.5, 0.6) is 0 Å². The predicted molar refractivity (Wildman–Crippen MR) is 113 cm³/mol. The molecular formula is C23H28N2O5. The normalized spacial score (nSPS) is 11.8. The third-order valence-corrected chi connectivity index (χ3v) is 4.53. The summed E-state index contributed by atoms with van der Waals surface area (Å²) in [6.45, 7) is 2.00. The molecule has 0 saturated carbocycles. The minimum Gasteiger partial charge on any atom is -0.479 e. The second kappa shape index (κ2) is 11.8. The molecule has 0 unspecified atom stereocenters. The van der Waals surface area contributed by atoms with Crippen LogP contribution in [-0.4, -0.2) is 53.9 Å². The maximum atomic E-state index is 12.1. The molecule has 0 radical (unpaired) electrons. The van der Waals surface area contributed by atoms with Gasteiger partial charge < -0.3 is 5.11 Å². The molecule has 30 heavy (non-hydrogen) atoms. The molecular weight excluding hydrogens is 384 g/mol. The van der Waals surface area contributed by atoms with Crippen LogP contribution in [0.2, 0.25) is 0 Å². The zero-order valence-electron chi connectivity index (χ0n) is 17.3. The topological polar surface area (TPSA) is 95.9 Å². The van der Waals surface area contributed by atoms with Crippen molar-refractivity contribution in [2.24, 2.45) is 0 Å². The molecule has 0 spiro atoms. The molecule has 0 heterocycles. The van der Waals surface area contributed by atoms with Crippen molar-refractivity contribution in [3.8, 4) is 0 Å². The SMILES string of the molecule is Cc1ccc(C[C@H](ONC(=O)CN(C)CC(=O)CCc2ccccc2)C(=O)O)cc1. The van der Waals surface area contributed by atoms with Crippen molar-refractivity contribution in [3.05, 3.63) is 71.3 Å². The Morgan fingerprint density at radius 1 is 1.00 bits per heavy atom. The van der Waals surface area contributed by atoms with Gasteiger partial charge in [0.2, 0.25) is 0 Å². The van der Waals surface area contributed by atoms with Gasteiger partial charge in [-0.25, -0.2) is 10.3 Å². The van der Waals surface area contributed by atoms with Gasteiger partial charge in [-0.15, -0.1) is 0 Å². The Hall–Kier alpha value is -3.03. The number of carboxylic acids is 1. The number of nitrogens with one attached hydrogen (secondary N) is 1. The fourth-order valence-electron chi connectivity index (χ4n) is 2.90. The van der Waals surface area contributed by atoms with E-state index in [0.717, 1.165) is 16.7 Å². The Morgan fingerprint density at radius 3 is 2.30 bits per heavy atom. The molecule has 1 amide bonds. The van der Waals surface area contributed by atoms with E-state index in [1.54, 1.807) is 11.9 Å².